The summed E-state index contributed by atoms with van der Waals surface area (Å²) in [5.74, 6) is 0.104. The summed E-state index contributed by atoms with van der Waals surface area (Å²) in [6, 6.07) is 17.9. The fourth-order valence-corrected chi connectivity index (χ4v) is 7.23. The number of aromatic nitrogens is 2. The van der Waals surface area contributed by atoms with Crippen molar-refractivity contribution in [1.29, 1.82) is 0 Å². The van der Waals surface area contributed by atoms with Crippen molar-refractivity contribution < 1.29 is 4.79 Å². The number of hydrogen-bond acceptors (Lipinski definition) is 3. The summed E-state index contributed by atoms with van der Waals surface area (Å²) in [6.45, 7) is 3.69. The summed E-state index contributed by atoms with van der Waals surface area (Å²) >= 11 is 0. The first-order valence-electron chi connectivity index (χ1n) is 13.5. The molecule has 2 aliphatic carbocycles. The van der Waals surface area contributed by atoms with Crippen LogP contribution >= 0.6 is 0 Å². The molecule has 4 aliphatic rings. The van der Waals surface area contributed by atoms with Crippen LogP contribution in [0.3, 0.4) is 0 Å². The highest BCUT2D eigenvalue weighted by Crippen LogP contribution is 2.44. The Kier molecular flexibility index (Phi) is 5.17. The first-order chi connectivity index (χ1) is 17.6. The Balaban J connectivity index is 1.08. The maximum absolute atomic E-state index is 13.7. The van der Waals surface area contributed by atoms with Gasteiger partial charge in [0.25, 0.3) is 5.91 Å². The van der Waals surface area contributed by atoms with Crippen molar-refractivity contribution in [2.75, 3.05) is 19.6 Å². The number of carbonyl (C=O) groups is 1. The van der Waals surface area contributed by atoms with Crippen LogP contribution < -0.4 is 0 Å². The van der Waals surface area contributed by atoms with Gasteiger partial charge in [-0.05, 0) is 73.9 Å². The zero-order valence-corrected chi connectivity index (χ0v) is 21.1. The lowest BCUT2D eigenvalue weighted by Gasteiger charge is -2.43. The maximum Gasteiger partial charge on any atom is 0.274 e. The monoisotopic (exact) mass is 478 g/mol. The lowest BCUT2D eigenvalue weighted by molar-refractivity contribution is 0.0725. The number of piperidine rings is 1. The molecule has 2 aromatic carbocycles. The summed E-state index contributed by atoms with van der Waals surface area (Å²) in [4.78, 5) is 18.4. The molecule has 5 nitrogen and oxygen atoms in total. The van der Waals surface area contributed by atoms with Gasteiger partial charge in [-0.25, -0.2) is 0 Å². The van der Waals surface area contributed by atoms with Crippen LogP contribution in [0.4, 0.5) is 0 Å². The normalized spacial score (nSPS) is 22.4. The van der Waals surface area contributed by atoms with Crippen LogP contribution in [0.2, 0.25) is 0 Å². The predicted octanol–water partition coefficient (Wildman–Crippen LogP) is 4.54. The number of allylic oxidation sites excluding steroid dienone is 1. The van der Waals surface area contributed by atoms with Crippen LogP contribution in [-0.4, -0.2) is 51.2 Å². The Morgan fingerprint density at radius 1 is 0.972 bits per heavy atom. The topological polar surface area (TPSA) is 41.4 Å². The predicted molar refractivity (Wildman–Crippen MR) is 142 cm³/mol. The minimum absolute atomic E-state index is 0.104. The number of nitrogens with zero attached hydrogens (tertiary/aromatic N) is 4. The standard InChI is InChI=1S/C31H34N4O/c1-33-28-11-10-25(34-18-15-31(16-19-34)14-12-23-7-4-5-9-27(23)31)20-26(28)29(32-33)30(36)35-17-13-22-6-2-3-8-24(22)21-35/h2-9,12,14,25H,10-11,13,15-21H2,1H3. The van der Waals surface area contributed by atoms with E-state index in [0.717, 1.165) is 45.3 Å². The molecule has 3 heterocycles. The molecule has 1 atom stereocenters. The molecule has 184 valence electrons. The van der Waals surface area contributed by atoms with Gasteiger partial charge in [0.15, 0.2) is 5.69 Å². The summed E-state index contributed by atoms with van der Waals surface area (Å²) in [5, 5.41) is 4.78. The minimum atomic E-state index is 0.104. The molecule has 0 bridgehead atoms. The largest absolute Gasteiger partial charge is 0.333 e. The molecule has 3 aromatic rings. The fraction of sp³-hybridized carbons (Fsp3) is 0.419. The maximum atomic E-state index is 13.7. The number of hydrogen-bond donors (Lipinski definition) is 0. The number of carbonyl (C=O) groups excluding carboxylic acids is 1. The van der Waals surface area contributed by atoms with E-state index in [0.29, 0.717) is 18.3 Å². The third-order valence-electron chi connectivity index (χ3n) is 9.34. The smallest absolute Gasteiger partial charge is 0.274 e. The first-order valence-corrected chi connectivity index (χ1v) is 13.5. The second-order valence-corrected chi connectivity index (χ2v) is 11.2. The van der Waals surface area contributed by atoms with E-state index in [4.69, 9.17) is 5.10 Å². The number of fused-ring (bicyclic) bond motifs is 4. The van der Waals surface area contributed by atoms with Gasteiger partial charge in [0.1, 0.15) is 0 Å². The van der Waals surface area contributed by atoms with Crippen molar-refractivity contribution in [3.05, 3.63) is 93.8 Å². The van der Waals surface area contributed by atoms with Crippen molar-refractivity contribution in [3.8, 4) is 0 Å². The van der Waals surface area contributed by atoms with Gasteiger partial charge in [0, 0.05) is 42.9 Å². The Morgan fingerprint density at radius 3 is 2.61 bits per heavy atom. The molecule has 7 rings (SSSR count). The van der Waals surface area contributed by atoms with E-state index in [1.54, 1.807) is 0 Å². The third kappa shape index (κ3) is 3.47. The lowest BCUT2D eigenvalue weighted by atomic mass is 9.74. The van der Waals surface area contributed by atoms with Crippen LogP contribution in [0, 0.1) is 0 Å². The number of rotatable bonds is 2. The van der Waals surface area contributed by atoms with Crippen LogP contribution in [0.5, 0.6) is 0 Å². The highest BCUT2D eigenvalue weighted by Gasteiger charge is 2.40. The van der Waals surface area contributed by atoms with E-state index in [1.165, 1.54) is 46.4 Å². The molecule has 1 unspecified atom stereocenters. The van der Waals surface area contributed by atoms with Crippen LogP contribution in [-0.2, 0) is 38.3 Å². The molecule has 1 aromatic heterocycles. The zero-order valence-electron chi connectivity index (χ0n) is 21.1. The Bertz CT molecular complexity index is 1360. The second kappa shape index (κ2) is 8.45. The van der Waals surface area contributed by atoms with E-state index in [9.17, 15) is 4.79 Å². The Morgan fingerprint density at radius 2 is 1.75 bits per heavy atom. The molecule has 1 saturated heterocycles. The quantitative estimate of drug-likeness (QED) is 0.543. The molecule has 2 aliphatic heterocycles. The number of aryl methyl sites for hydroxylation is 1. The zero-order chi connectivity index (χ0) is 24.3. The molecule has 1 spiro atoms. The van der Waals surface area contributed by atoms with Gasteiger partial charge in [-0.2, -0.15) is 5.10 Å². The van der Waals surface area contributed by atoms with Crippen LogP contribution in [0.25, 0.3) is 6.08 Å². The number of benzene rings is 2. The van der Waals surface area contributed by atoms with Crippen molar-refractivity contribution in [3.63, 3.8) is 0 Å². The SMILES string of the molecule is Cn1nc(C(=O)N2CCc3ccccc3C2)c2c1CCC(N1CCC3(C=Cc4ccccc43)CC1)C2. The van der Waals surface area contributed by atoms with Gasteiger partial charge in [-0.15, -0.1) is 0 Å². The van der Waals surface area contributed by atoms with E-state index < -0.39 is 0 Å². The Labute approximate surface area is 213 Å². The highest BCUT2D eigenvalue weighted by atomic mass is 16.2. The third-order valence-corrected chi connectivity index (χ3v) is 9.34. The molecule has 5 heteroatoms. The molecule has 0 radical (unpaired) electrons. The van der Waals surface area contributed by atoms with Gasteiger partial charge in [-0.3, -0.25) is 14.4 Å². The molecular weight excluding hydrogens is 444 g/mol. The Hall–Kier alpha value is -3.18. The van der Waals surface area contributed by atoms with Crippen molar-refractivity contribution in [2.45, 2.75) is 56.5 Å². The summed E-state index contributed by atoms with van der Waals surface area (Å²) in [7, 11) is 2.01. The van der Waals surface area contributed by atoms with Gasteiger partial charge < -0.3 is 4.90 Å². The number of amides is 1. The van der Waals surface area contributed by atoms with Crippen molar-refractivity contribution in [2.24, 2.45) is 7.05 Å². The average molecular weight is 479 g/mol. The van der Waals surface area contributed by atoms with Crippen molar-refractivity contribution in [1.82, 2.24) is 19.6 Å². The first kappa shape index (κ1) is 22.1. The van der Waals surface area contributed by atoms with E-state index >= 15 is 0 Å². The molecule has 36 heavy (non-hydrogen) atoms. The van der Waals surface area contributed by atoms with Crippen LogP contribution in [0.15, 0.2) is 54.6 Å². The summed E-state index contributed by atoms with van der Waals surface area (Å²) in [6.07, 6.45) is 11.2. The van der Waals surface area contributed by atoms with Crippen LogP contribution in [0.1, 0.15) is 63.3 Å². The summed E-state index contributed by atoms with van der Waals surface area (Å²) in [5.41, 5.74) is 8.91. The molecule has 1 amide bonds. The number of likely N-dealkylation sites (tertiary alicyclic amines) is 1. The average Bonchev–Trinajstić information content (AvgIpc) is 3.46. The van der Waals surface area contributed by atoms with Gasteiger partial charge >= 0.3 is 0 Å². The summed E-state index contributed by atoms with van der Waals surface area (Å²) < 4.78 is 1.97. The molecule has 0 N–H and O–H groups in total. The van der Waals surface area contributed by atoms with E-state index in [1.807, 2.05) is 16.6 Å². The van der Waals surface area contributed by atoms with E-state index in [2.05, 4.69) is 65.6 Å². The molecular formula is C31H34N4O. The van der Waals surface area contributed by atoms with Gasteiger partial charge in [0.2, 0.25) is 0 Å². The highest BCUT2D eigenvalue weighted by molar-refractivity contribution is 5.94. The minimum Gasteiger partial charge on any atom is -0.333 e. The van der Waals surface area contributed by atoms with Crippen molar-refractivity contribution >= 4 is 12.0 Å². The molecule has 0 saturated carbocycles. The second-order valence-electron chi connectivity index (χ2n) is 11.2. The van der Waals surface area contributed by atoms with Gasteiger partial charge in [-0.1, -0.05) is 60.7 Å². The van der Waals surface area contributed by atoms with Gasteiger partial charge in [0.05, 0.1) is 0 Å². The lowest BCUT2D eigenvalue weighted by Crippen LogP contribution is -2.48. The molecule has 1 fully saturated rings. The van der Waals surface area contributed by atoms with E-state index in [-0.39, 0.29) is 11.3 Å². The fourth-order valence-electron chi connectivity index (χ4n) is 7.23.